The first kappa shape index (κ1) is 21.6. The molecule has 0 aliphatic heterocycles. The molecule has 6 nitrogen and oxygen atoms in total. The number of hydrogen-bond donors (Lipinski definition) is 2. The van der Waals surface area contributed by atoms with Crippen molar-refractivity contribution in [2.24, 2.45) is 0 Å². The van der Waals surface area contributed by atoms with Crippen LogP contribution in [0.2, 0.25) is 0 Å². The topological polar surface area (TPSA) is 84.5 Å². The van der Waals surface area contributed by atoms with Crippen molar-refractivity contribution in [2.45, 2.75) is 30.3 Å². The van der Waals surface area contributed by atoms with Crippen LogP contribution < -0.4 is 10.0 Å². The van der Waals surface area contributed by atoms with E-state index >= 15 is 0 Å². The molecule has 2 aromatic rings. The Morgan fingerprint density at radius 3 is 2.33 bits per heavy atom. The Hall–Kier alpha value is -1.74. The first-order valence-corrected chi connectivity index (χ1v) is 10.7. The Morgan fingerprint density at radius 1 is 1.11 bits per heavy atom. The number of carbonyl (C=O) groups excluding carboxylic acids is 1. The number of halogens is 1. The zero-order chi connectivity index (χ0) is 19.9. The first-order chi connectivity index (χ1) is 12.8. The maximum Gasteiger partial charge on any atom is 0.241 e. The Kier molecular flexibility index (Phi) is 7.97. The molecule has 0 aliphatic rings. The highest BCUT2D eigenvalue weighted by Crippen LogP contribution is 2.15. The molecule has 2 N–H and O–H groups in total. The summed E-state index contributed by atoms with van der Waals surface area (Å²) in [6, 6.07) is 14.3. The van der Waals surface area contributed by atoms with Gasteiger partial charge in [0.2, 0.25) is 15.9 Å². The van der Waals surface area contributed by atoms with Crippen molar-refractivity contribution in [1.82, 2.24) is 10.0 Å². The average molecular weight is 455 g/mol. The second-order valence-electron chi connectivity index (χ2n) is 6.18. The van der Waals surface area contributed by atoms with E-state index in [-0.39, 0.29) is 17.4 Å². The lowest BCUT2D eigenvalue weighted by Gasteiger charge is -2.21. The minimum atomic E-state index is -3.85. The van der Waals surface area contributed by atoms with E-state index in [9.17, 15) is 13.2 Å². The molecule has 8 heteroatoms. The van der Waals surface area contributed by atoms with Gasteiger partial charge in [-0.1, -0.05) is 46.3 Å². The molecule has 0 radical (unpaired) electrons. The Bertz CT molecular complexity index is 842. The highest BCUT2D eigenvalue weighted by atomic mass is 79.9. The molecular weight excluding hydrogens is 432 g/mol. The van der Waals surface area contributed by atoms with Crippen LogP contribution in [0.25, 0.3) is 0 Å². The summed E-state index contributed by atoms with van der Waals surface area (Å²) in [5.74, 6) is -0.399. The maximum atomic E-state index is 12.7. The van der Waals surface area contributed by atoms with E-state index in [1.165, 1.54) is 12.1 Å². The second-order valence-corrected chi connectivity index (χ2v) is 8.81. The van der Waals surface area contributed by atoms with Crippen molar-refractivity contribution in [3.63, 3.8) is 0 Å². The minimum Gasteiger partial charge on any atom is -0.383 e. The molecular formula is C19H23BrN2O4S. The molecule has 0 saturated carbocycles. The highest BCUT2D eigenvalue weighted by Gasteiger charge is 2.27. The lowest BCUT2D eigenvalue weighted by atomic mass is 10.1. The van der Waals surface area contributed by atoms with Crippen LogP contribution in [-0.2, 0) is 26.0 Å². The molecule has 2 atom stereocenters. The Morgan fingerprint density at radius 2 is 1.74 bits per heavy atom. The van der Waals surface area contributed by atoms with Crippen LogP contribution in [-0.4, -0.2) is 40.1 Å². The Labute approximate surface area is 168 Å². The number of benzene rings is 2. The number of rotatable bonds is 9. The fourth-order valence-electron chi connectivity index (χ4n) is 2.54. The molecule has 0 saturated heterocycles. The van der Waals surface area contributed by atoms with Gasteiger partial charge in [-0.3, -0.25) is 4.79 Å². The van der Waals surface area contributed by atoms with E-state index in [1.807, 2.05) is 30.3 Å². The van der Waals surface area contributed by atoms with Gasteiger partial charge in [-0.05, 0) is 43.2 Å². The van der Waals surface area contributed by atoms with Gasteiger partial charge in [0.25, 0.3) is 0 Å². The standard InChI is InChI=1S/C19H23BrN2O4S/c1-14(13-26-2)21-19(23)18(12-15-6-4-3-5-7-15)22-27(24,25)17-10-8-16(20)9-11-17/h3-11,14,18,22H,12-13H2,1-2H3,(H,21,23)/t14-,18-/m1/s1. The molecule has 146 valence electrons. The average Bonchev–Trinajstić information content (AvgIpc) is 2.62. The summed E-state index contributed by atoms with van der Waals surface area (Å²) >= 11 is 3.28. The van der Waals surface area contributed by atoms with E-state index < -0.39 is 22.0 Å². The predicted molar refractivity (Wildman–Crippen MR) is 108 cm³/mol. The highest BCUT2D eigenvalue weighted by molar-refractivity contribution is 9.10. The molecule has 0 unspecified atom stereocenters. The van der Waals surface area contributed by atoms with Gasteiger partial charge in [-0.25, -0.2) is 8.42 Å². The van der Waals surface area contributed by atoms with Gasteiger partial charge < -0.3 is 10.1 Å². The molecule has 0 aromatic heterocycles. The van der Waals surface area contributed by atoms with Crippen LogP contribution >= 0.6 is 15.9 Å². The summed E-state index contributed by atoms with van der Waals surface area (Å²) in [7, 11) is -2.31. The molecule has 0 aliphatic carbocycles. The van der Waals surface area contributed by atoms with Crippen molar-refractivity contribution in [3.8, 4) is 0 Å². The summed E-state index contributed by atoms with van der Waals surface area (Å²) in [5.41, 5.74) is 0.857. The number of hydrogen-bond acceptors (Lipinski definition) is 4. The largest absolute Gasteiger partial charge is 0.383 e. The van der Waals surface area contributed by atoms with Crippen LogP contribution in [0.5, 0.6) is 0 Å². The van der Waals surface area contributed by atoms with Crippen LogP contribution in [0, 0.1) is 0 Å². The van der Waals surface area contributed by atoms with Crippen LogP contribution in [0.1, 0.15) is 12.5 Å². The number of carbonyl (C=O) groups is 1. The third kappa shape index (κ3) is 6.73. The third-order valence-electron chi connectivity index (χ3n) is 3.83. The van der Waals surface area contributed by atoms with Crippen molar-refractivity contribution in [2.75, 3.05) is 13.7 Å². The van der Waals surface area contributed by atoms with Crippen molar-refractivity contribution < 1.29 is 17.9 Å². The smallest absolute Gasteiger partial charge is 0.241 e. The van der Waals surface area contributed by atoms with E-state index in [1.54, 1.807) is 26.2 Å². The summed E-state index contributed by atoms with van der Waals surface area (Å²) in [6.45, 7) is 2.13. The van der Waals surface area contributed by atoms with Crippen molar-refractivity contribution >= 4 is 31.9 Å². The summed E-state index contributed by atoms with van der Waals surface area (Å²) < 4.78 is 33.8. The lowest BCUT2D eigenvalue weighted by molar-refractivity contribution is -0.123. The van der Waals surface area contributed by atoms with Crippen molar-refractivity contribution in [1.29, 1.82) is 0 Å². The van der Waals surface area contributed by atoms with Crippen LogP contribution in [0.4, 0.5) is 0 Å². The predicted octanol–water partition coefficient (Wildman–Crippen LogP) is 2.49. The zero-order valence-electron chi connectivity index (χ0n) is 15.2. The summed E-state index contributed by atoms with van der Waals surface area (Å²) in [5, 5.41) is 2.79. The zero-order valence-corrected chi connectivity index (χ0v) is 17.6. The molecule has 0 heterocycles. The maximum absolute atomic E-state index is 12.7. The van der Waals surface area contributed by atoms with Gasteiger partial charge in [0.15, 0.2) is 0 Å². The Balaban J connectivity index is 2.22. The molecule has 2 rings (SSSR count). The number of sulfonamides is 1. The first-order valence-electron chi connectivity index (χ1n) is 8.43. The second kappa shape index (κ2) is 9.98. The van der Waals surface area contributed by atoms with Crippen LogP contribution in [0.3, 0.4) is 0 Å². The summed E-state index contributed by atoms with van der Waals surface area (Å²) in [6.07, 6.45) is 0.238. The van der Waals surface area contributed by atoms with Gasteiger partial charge in [0.05, 0.1) is 11.5 Å². The normalized spacial score (nSPS) is 13.7. The molecule has 27 heavy (non-hydrogen) atoms. The van der Waals surface area contributed by atoms with Gasteiger partial charge in [-0.2, -0.15) is 4.72 Å². The van der Waals surface area contributed by atoms with Gasteiger partial charge in [0, 0.05) is 17.6 Å². The van der Waals surface area contributed by atoms with E-state index in [2.05, 4.69) is 26.0 Å². The summed E-state index contributed by atoms with van der Waals surface area (Å²) in [4.78, 5) is 12.8. The lowest BCUT2D eigenvalue weighted by Crippen LogP contribution is -2.50. The molecule has 0 spiro atoms. The molecule has 0 fully saturated rings. The monoisotopic (exact) mass is 454 g/mol. The van der Waals surface area contributed by atoms with Crippen LogP contribution in [0.15, 0.2) is 64.0 Å². The number of amides is 1. The van der Waals surface area contributed by atoms with Gasteiger partial charge >= 0.3 is 0 Å². The fraction of sp³-hybridized carbons (Fsp3) is 0.316. The number of ether oxygens (including phenoxy) is 1. The van der Waals surface area contributed by atoms with E-state index in [0.717, 1.165) is 10.0 Å². The van der Waals surface area contributed by atoms with Gasteiger partial charge in [-0.15, -0.1) is 0 Å². The van der Waals surface area contributed by atoms with Crippen molar-refractivity contribution in [3.05, 3.63) is 64.6 Å². The fourth-order valence-corrected chi connectivity index (χ4v) is 4.00. The van der Waals surface area contributed by atoms with Gasteiger partial charge in [0.1, 0.15) is 6.04 Å². The quantitative estimate of drug-likeness (QED) is 0.609. The van der Waals surface area contributed by atoms with E-state index in [0.29, 0.717) is 6.61 Å². The SMILES string of the molecule is COC[C@@H](C)NC(=O)[C@@H](Cc1ccccc1)NS(=O)(=O)c1ccc(Br)cc1. The van der Waals surface area contributed by atoms with E-state index in [4.69, 9.17) is 4.74 Å². The molecule has 1 amide bonds. The number of nitrogens with one attached hydrogen (secondary N) is 2. The molecule has 2 aromatic carbocycles. The number of methoxy groups -OCH3 is 1. The molecule has 0 bridgehead atoms. The minimum absolute atomic E-state index is 0.0986. The third-order valence-corrected chi connectivity index (χ3v) is 5.84.